The molecular formula is C16H18BrClN2O2S. The summed E-state index contributed by atoms with van der Waals surface area (Å²) in [6.45, 7) is 1.07. The molecule has 2 aromatic carbocycles. The SMILES string of the molecule is CN(C)Cc1ccc(CNS(=O)(=O)c2ccc(Br)cc2Cl)cc1. The Morgan fingerprint density at radius 2 is 1.70 bits per heavy atom. The monoisotopic (exact) mass is 416 g/mol. The van der Waals surface area contributed by atoms with Gasteiger partial charge in [0.1, 0.15) is 4.90 Å². The molecule has 0 unspecified atom stereocenters. The van der Waals surface area contributed by atoms with Crippen molar-refractivity contribution in [1.29, 1.82) is 0 Å². The number of sulfonamides is 1. The Labute approximate surface area is 150 Å². The molecule has 2 aromatic rings. The number of halogens is 2. The van der Waals surface area contributed by atoms with Crippen molar-refractivity contribution in [3.63, 3.8) is 0 Å². The van der Waals surface area contributed by atoms with Gasteiger partial charge in [-0.05, 0) is 43.4 Å². The number of rotatable bonds is 6. The van der Waals surface area contributed by atoms with Crippen LogP contribution in [-0.2, 0) is 23.1 Å². The summed E-state index contributed by atoms with van der Waals surface area (Å²) in [5, 5.41) is 0.188. The topological polar surface area (TPSA) is 49.4 Å². The molecule has 0 aliphatic heterocycles. The Balaban J connectivity index is 2.07. The molecule has 0 aliphatic rings. The van der Waals surface area contributed by atoms with Crippen molar-refractivity contribution in [3.05, 3.63) is 63.1 Å². The molecule has 2 rings (SSSR count). The average molecular weight is 418 g/mol. The van der Waals surface area contributed by atoms with Gasteiger partial charge in [0.05, 0.1) is 5.02 Å². The van der Waals surface area contributed by atoms with Crippen molar-refractivity contribution in [3.8, 4) is 0 Å². The molecule has 124 valence electrons. The molecule has 7 heteroatoms. The van der Waals surface area contributed by atoms with E-state index in [4.69, 9.17) is 11.6 Å². The summed E-state index contributed by atoms with van der Waals surface area (Å²) >= 11 is 9.27. The summed E-state index contributed by atoms with van der Waals surface area (Å²) in [5.74, 6) is 0. The minimum atomic E-state index is -3.65. The zero-order chi connectivity index (χ0) is 17.0. The van der Waals surface area contributed by atoms with Gasteiger partial charge in [-0.25, -0.2) is 13.1 Å². The van der Waals surface area contributed by atoms with Crippen molar-refractivity contribution < 1.29 is 8.42 Å². The third kappa shape index (κ3) is 5.29. The lowest BCUT2D eigenvalue weighted by molar-refractivity contribution is 0.402. The van der Waals surface area contributed by atoms with Crippen LogP contribution in [-0.4, -0.2) is 27.4 Å². The van der Waals surface area contributed by atoms with Gasteiger partial charge in [0, 0.05) is 17.6 Å². The first-order valence-electron chi connectivity index (χ1n) is 6.95. The second-order valence-electron chi connectivity index (χ2n) is 5.45. The van der Waals surface area contributed by atoms with Gasteiger partial charge < -0.3 is 4.90 Å². The lowest BCUT2D eigenvalue weighted by Crippen LogP contribution is -2.23. The van der Waals surface area contributed by atoms with E-state index in [1.807, 2.05) is 38.4 Å². The van der Waals surface area contributed by atoms with E-state index >= 15 is 0 Å². The fraction of sp³-hybridized carbons (Fsp3) is 0.250. The van der Waals surface area contributed by atoms with Crippen molar-refractivity contribution in [2.24, 2.45) is 0 Å². The van der Waals surface area contributed by atoms with E-state index in [2.05, 4.69) is 25.6 Å². The zero-order valence-electron chi connectivity index (χ0n) is 12.9. The standard InChI is InChI=1S/C16H18BrClN2O2S/c1-20(2)11-13-5-3-12(4-6-13)10-19-23(21,22)16-8-7-14(17)9-15(16)18/h3-9,19H,10-11H2,1-2H3. The van der Waals surface area contributed by atoms with Crippen LogP contribution in [0.25, 0.3) is 0 Å². The van der Waals surface area contributed by atoms with Crippen LogP contribution < -0.4 is 4.72 Å². The molecule has 0 bridgehead atoms. The fourth-order valence-electron chi connectivity index (χ4n) is 2.08. The smallest absolute Gasteiger partial charge is 0.242 e. The van der Waals surface area contributed by atoms with Gasteiger partial charge in [0.15, 0.2) is 0 Å². The van der Waals surface area contributed by atoms with E-state index in [1.54, 1.807) is 12.1 Å². The van der Waals surface area contributed by atoms with Crippen LogP contribution in [0.15, 0.2) is 51.8 Å². The summed E-state index contributed by atoms with van der Waals surface area (Å²) in [5.41, 5.74) is 2.07. The third-order valence-corrected chi connectivity index (χ3v) is 5.55. The summed E-state index contributed by atoms with van der Waals surface area (Å²) in [6, 6.07) is 12.5. The second kappa shape index (κ2) is 7.77. The van der Waals surface area contributed by atoms with Gasteiger partial charge in [-0.2, -0.15) is 0 Å². The highest BCUT2D eigenvalue weighted by atomic mass is 79.9. The number of hydrogen-bond donors (Lipinski definition) is 1. The molecule has 0 aromatic heterocycles. The van der Waals surface area contributed by atoms with E-state index in [0.717, 1.165) is 16.6 Å². The Kier molecular flexibility index (Phi) is 6.22. The number of nitrogens with one attached hydrogen (secondary N) is 1. The lowest BCUT2D eigenvalue weighted by atomic mass is 10.1. The van der Waals surface area contributed by atoms with E-state index in [9.17, 15) is 8.42 Å². The molecule has 0 heterocycles. The van der Waals surface area contributed by atoms with Gasteiger partial charge in [0.25, 0.3) is 0 Å². The second-order valence-corrected chi connectivity index (χ2v) is 8.51. The van der Waals surface area contributed by atoms with Crippen LogP contribution in [0.2, 0.25) is 5.02 Å². The molecule has 0 amide bonds. The Morgan fingerprint density at radius 3 is 2.26 bits per heavy atom. The van der Waals surface area contributed by atoms with Crippen molar-refractivity contribution in [2.45, 2.75) is 18.0 Å². The quantitative estimate of drug-likeness (QED) is 0.780. The molecule has 0 saturated carbocycles. The first kappa shape index (κ1) is 18.4. The maximum absolute atomic E-state index is 12.3. The van der Waals surface area contributed by atoms with Gasteiger partial charge in [-0.15, -0.1) is 0 Å². The normalized spacial score (nSPS) is 11.9. The average Bonchev–Trinajstić information content (AvgIpc) is 2.45. The molecule has 23 heavy (non-hydrogen) atoms. The van der Waals surface area contributed by atoms with E-state index in [-0.39, 0.29) is 16.5 Å². The summed E-state index contributed by atoms with van der Waals surface area (Å²) < 4.78 is 28.0. The van der Waals surface area contributed by atoms with Gasteiger partial charge >= 0.3 is 0 Å². The predicted octanol–water partition coefficient (Wildman–Crippen LogP) is 3.64. The number of nitrogens with zero attached hydrogens (tertiary/aromatic N) is 1. The number of hydrogen-bond acceptors (Lipinski definition) is 3. The largest absolute Gasteiger partial charge is 0.305 e. The molecule has 0 spiro atoms. The highest BCUT2D eigenvalue weighted by molar-refractivity contribution is 9.10. The van der Waals surface area contributed by atoms with Crippen molar-refractivity contribution in [1.82, 2.24) is 9.62 Å². The minimum absolute atomic E-state index is 0.0756. The van der Waals surface area contributed by atoms with Crippen molar-refractivity contribution >= 4 is 37.6 Å². The Hall–Kier alpha value is -0.920. The highest BCUT2D eigenvalue weighted by Gasteiger charge is 2.17. The maximum atomic E-state index is 12.3. The van der Waals surface area contributed by atoms with Crippen molar-refractivity contribution in [2.75, 3.05) is 14.1 Å². The molecule has 4 nitrogen and oxygen atoms in total. The molecule has 0 saturated heterocycles. The Morgan fingerprint density at radius 1 is 1.09 bits per heavy atom. The first-order valence-corrected chi connectivity index (χ1v) is 9.60. The van der Waals surface area contributed by atoms with Gasteiger partial charge in [-0.1, -0.05) is 51.8 Å². The summed E-state index contributed by atoms with van der Waals surface area (Å²) in [6.07, 6.45) is 0. The molecule has 0 fully saturated rings. The molecular weight excluding hydrogens is 400 g/mol. The maximum Gasteiger partial charge on any atom is 0.242 e. The molecule has 0 atom stereocenters. The van der Waals surface area contributed by atoms with Crippen LogP contribution in [0.3, 0.4) is 0 Å². The molecule has 0 aliphatic carbocycles. The van der Waals surface area contributed by atoms with Crippen LogP contribution in [0.5, 0.6) is 0 Å². The van der Waals surface area contributed by atoms with E-state index in [1.165, 1.54) is 11.6 Å². The minimum Gasteiger partial charge on any atom is -0.305 e. The highest BCUT2D eigenvalue weighted by Crippen LogP contribution is 2.25. The van der Waals surface area contributed by atoms with E-state index < -0.39 is 10.0 Å². The molecule has 0 radical (unpaired) electrons. The third-order valence-electron chi connectivity index (χ3n) is 3.17. The van der Waals surface area contributed by atoms with Crippen LogP contribution in [0, 0.1) is 0 Å². The first-order chi connectivity index (χ1) is 10.8. The molecule has 1 N–H and O–H groups in total. The van der Waals surface area contributed by atoms with Gasteiger partial charge in [-0.3, -0.25) is 0 Å². The number of benzene rings is 2. The lowest BCUT2D eigenvalue weighted by Gasteiger charge is -2.11. The Bertz CT molecular complexity index is 777. The van der Waals surface area contributed by atoms with Crippen LogP contribution in [0.4, 0.5) is 0 Å². The fourth-order valence-corrected chi connectivity index (χ4v) is 4.13. The van der Waals surface area contributed by atoms with E-state index in [0.29, 0.717) is 0 Å². The van der Waals surface area contributed by atoms with Gasteiger partial charge in [0.2, 0.25) is 10.0 Å². The van der Waals surface area contributed by atoms with Crippen LogP contribution in [0.1, 0.15) is 11.1 Å². The predicted molar refractivity (Wildman–Crippen MR) is 97.0 cm³/mol. The van der Waals surface area contributed by atoms with Crippen LogP contribution >= 0.6 is 27.5 Å². The zero-order valence-corrected chi connectivity index (χ0v) is 16.0. The summed E-state index contributed by atoms with van der Waals surface area (Å²) in [7, 11) is 0.362. The summed E-state index contributed by atoms with van der Waals surface area (Å²) in [4.78, 5) is 2.15.